The van der Waals surface area contributed by atoms with E-state index in [-0.39, 0.29) is 5.84 Å². The van der Waals surface area contributed by atoms with Gasteiger partial charge in [0, 0.05) is 6.20 Å². The largest absolute Gasteiger partial charge is 0.355 e. The fraction of sp³-hybridized carbons (Fsp3) is 0.250. The van der Waals surface area contributed by atoms with Crippen LogP contribution in [-0.4, -0.2) is 22.3 Å². The molecule has 1 atom stereocenters. The molecular formula is C4H8N4O. The summed E-state index contributed by atoms with van der Waals surface area (Å²) < 4.78 is 0. The molecule has 0 aromatic carbocycles. The van der Waals surface area contributed by atoms with E-state index in [1.165, 1.54) is 12.3 Å². The van der Waals surface area contributed by atoms with E-state index in [0.717, 1.165) is 5.01 Å². The van der Waals surface area contributed by atoms with Crippen molar-refractivity contribution in [3.8, 4) is 0 Å². The Hall–Kier alpha value is -1.07. The van der Waals surface area contributed by atoms with Gasteiger partial charge in [-0.05, 0) is 6.08 Å². The van der Waals surface area contributed by atoms with Gasteiger partial charge in [0.1, 0.15) is 5.84 Å². The molecule has 50 valence electrons. The quantitative estimate of drug-likeness (QED) is 0.300. The maximum Gasteiger partial charge on any atom is 0.219 e. The van der Waals surface area contributed by atoms with Gasteiger partial charge in [-0.2, -0.15) is 0 Å². The predicted octanol–water partition coefficient (Wildman–Crippen LogP) is -1.47. The molecule has 0 radical (unpaired) electrons. The lowest BCUT2D eigenvalue weighted by Gasteiger charge is -2.26. The Balaban J connectivity index is 2.69. The first-order valence-corrected chi connectivity index (χ1v) is 2.45. The summed E-state index contributed by atoms with van der Waals surface area (Å²) >= 11 is 0. The van der Waals surface area contributed by atoms with Crippen molar-refractivity contribution in [1.29, 1.82) is 5.41 Å². The van der Waals surface area contributed by atoms with E-state index >= 15 is 0 Å². The highest BCUT2D eigenvalue weighted by Crippen LogP contribution is 1.93. The van der Waals surface area contributed by atoms with Crippen LogP contribution < -0.4 is 11.2 Å². The van der Waals surface area contributed by atoms with Crippen molar-refractivity contribution in [2.24, 2.45) is 5.84 Å². The Morgan fingerprint density at radius 2 is 2.56 bits per heavy atom. The van der Waals surface area contributed by atoms with Crippen LogP contribution in [0.4, 0.5) is 0 Å². The molecule has 1 rings (SSSR count). The third-order valence-corrected chi connectivity index (χ3v) is 1.03. The summed E-state index contributed by atoms with van der Waals surface area (Å²) in [5.74, 6) is 5.25. The molecule has 1 aliphatic heterocycles. The molecule has 0 saturated carbocycles. The average Bonchev–Trinajstić information content (AvgIpc) is 1.83. The molecule has 0 fully saturated rings. The van der Waals surface area contributed by atoms with Gasteiger partial charge in [0.25, 0.3) is 0 Å². The van der Waals surface area contributed by atoms with Crippen LogP contribution in [0.2, 0.25) is 0 Å². The maximum absolute atomic E-state index is 8.85. The Labute approximate surface area is 52.2 Å². The van der Waals surface area contributed by atoms with Crippen LogP contribution >= 0.6 is 0 Å². The molecule has 1 aliphatic rings. The zero-order chi connectivity index (χ0) is 6.85. The van der Waals surface area contributed by atoms with E-state index in [1.807, 2.05) is 0 Å². The molecule has 1 unspecified atom stereocenters. The van der Waals surface area contributed by atoms with Gasteiger partial charge in [-0.1, -0.05) is 0 Å². The third kappa shape index (κ3) is 1.01. The average molecular weight is 128 g/mol. The number of hydrogen-bond donors (Lipinski definition) is 4. The van der Waals surface area contributed by atoms with Crippen molar-refractivity contribution >= 4 is 5.84 Å². The van der Waals surface area contributed by atoms with Crippen LogP contribution in [-0.2, 0) is 0 Å². The normalized spacial score (nSPS) is 26.2. The van der Waals surface area contributed by atoms with E-state index < -0.39 is 6.35 Å². The molecule has 0 saturated heterocycles. The summed E-state index contributed by atoms with van der Waals surface area (Å²) in [6, 6.07) is 0. The summed E-state index contributed by atoms with van der Waals surface area (Å²) in [7, 11) is 0. The van der Waals surface area contributed by atoms with Gasteiger partial charge in [0.2, 0.25) is 6.35 Å². The second-order valence-corrected chi connectivity index (χ2v) is 1.67. The van der Waals surface area contributed by atoms with Crippen LogP contribution in [0.3, 0.4) is 0 Å². The molecule has 5 N–H and O–H groups in total. The number of aliphatic hydroxyl groups is 1. The van der Waals surface area contributed by atoms with Crippen molar-refractivity contribution in [2.75, 3.05) is 0 Å². The fourth-order valence-corrected chi connectivity index (χ4v) is 0.511. The lowest BCUT2D eigenvalue weighted by Crippen LogP contribution is -2.53. The Kier molecular flexibility index (Phi) is 1.37. The number of nitrogens with one attached hydrogen (secondary N) is 2. The summed E-state index contributed by atoms with van der Waals surface area (Å²) in [5, 5.41) is 19.3. The maximum atomic E-state index is 8.85. The van der Waals surface area contributed by atoms with E-state index in [1.54, 1.807) is 0 Å². The van der Waals surface area contributed by atoms with Crippen LogP contribution in [0.25, 0.3) is 0 Å². The first-order chi connectivity index (χ1) is 4.22. The summed E-state index contributed by atoms with van der Waals surface area (Å²) in [5.41, 5.74) is 0. The van der Waals surface area contributed by atoms with E-state index in [2.05, 4.69) is 5.32 Å². The molecule has 0 aromatic rings. The van der Waals surface area contributed by atoms with Gasteiger partial charge >= 0.3 is 0 Å². The van der Waals surface area contributed by atoms with Gasteiger partial charge in [0.15, 0.2) is 0 Å². The van der Waals surface area contributed by atoms with Crippen molar-refractivity contribution in [3.63, 3.8) is 0 Å². The lowest BCUT2D eigenvalue weighted by molar-refractivity contribution is 0.0317. The van der Waals surface area contributed by atoms with Crippen molar-refractivity contribution in [1.82, 2.24) is 10.3 Å². The highest BCUT2D eigenvalue weighted by molar-refractivity contribution is 5.90. The third-order valence-electron chi connectivity index (χ3n) is 1.03. The molecule has 1 heterocycles. The Bertz CT molecular complexity index is 155. The number of hydrazine groups is 1. The van der Waals surface area contributed by atoms with Gasteiger partial charge in [0.05, 0.1) is 0 Å². The molecule has 5 nitrogen and oxygen atoms in total. The van der Waals surface area contributed by atoms with Gasteiger partial charge in [-0.15, -0.1) is 0 Å². The molecular weight excluding hydrogens is 120 g/mol. The lowest BCUT2D eigenvalue weighted by atomic mass is 10.4. The van der Waals surface area contributed by atoms with Crippen molar-refractivity contribution in [3.05, 3.63) is 12.3 Å². The molecule has 5 heteroatoms. The second kappa shape index (κ2) is 2.04. The highest BCUT2D eigenvalue weighted by atomic mass is 16.3. The summed E-state index contributed by atoms with van der Waals surface area (Å²) in [4.78, 5) is 0. The monoisotopic (exact) mass is 128 g/mol. The Morgan fingerprint density at radius 3 is 3.00 bits per heavy atom. The van der Waals surface area contributed by atoms with Crippen LogP contribution in [0.1, 0.15) is 0 Å². The smallest absolute Gasteiger partial charge is 0.219 e. The number of amidine groups is 1. The molecule has 0 bridgehead atoms. The first-order valence-electron chi connectivity index (χ1n) is 2.45. The second-order valence-electron chi connectivity index (χ2n) is 1.67. The predicted molar refractivity (Wildman–Crippen MR) is 32.0 cm³/mol. The van der Waals surface area contributed by atoms with E-state index in [0.29, 0.717) is 0 Å². The van der Waals surface area contributed by atoms with Gasteiger partial charge in [-0.25, -0.2) is 10.9 Å². The molecule has 0 aromatic heterocycles. The number of nitrogens with two attached hydrogens (primary N) is 1. The summed E-state index contributed by atoms with van der Waals surface area (Å²) in [6.07, 6.45) is 1.95. The fourth-order valence-electron chi connectivity index (χ4n) is 0.511. The van der Waals surface area contributed by atoms with Crippen molar-refractivity contribution < 1.29 is 5.11 Å². The molecule has 9 heavy (non-hydrogen) atoms. The zero-order valence-electron chi connectivity index (χ0n) is 4.70. The minimum absolute atomic E-state index is 0.0845. The molecule has 0 amide bonds. The zero-order valence-corrected chi connectivity index (χ0v) is 4.70. The topological polar surface area (TPSA) is 85.4 Å². The number of aliphatic hydroxyl groups excluding tert-OH is 1. The summed E-state index contributed by atoms with van der Waals surface area (Å²) in [6.45, 7) is 0. The van der Waals surface area contributed by atoms with Crippen LogP contribution in [0, 0.1) is 5.41 Å². The van der Waals surface area contributed by atoms with Gasteiger partial charge < -0.3 is 10.4 Å². The standard InChI is InChI=1S/C4H8N4O/c5-3-1-2-7-4(9)8(3)6/h1-2,4-5,7,9H,6H2. The molecule has 0 spiro atoms. The SMILES string of the molecule is N=C1C=CNC(O)N1N. The van der Waals surface area contributed by atoms with Crippen LogP contribution in [0.15, 0.2) is 12.3 Å². The van der Waals surface area contributed by atoms with Crippen molar-refractivity contribution in [2.45, 2.75) is 6.35 Å². The molecule has 0 aliphatic carbocycles. The number of nitrogens with zero attached hydrogens (tertiary/aromatic N) is 1. The first kappa shape index (κ1) is 6.06. The van der Waals surface area contributed by atoms with Gasteiger partial charge in [-0.3, -0.25) is 5.41 Å². The highest BCUT2D eigenvalue weighted by Gasteiger charge is 2.14. The number of hydrogen-bond acceptors (Lipinski definition) is 4. The van der Waals surface area contributed by atoms with Crippen LogP contribution in [0.5, 0.6) is 0 Å². The minimum Gasteiger partial charge on any atom is -0.355 e. The minimum atomic E-state index is -0.970. The Morgan fingerprint density at radius 1 is 1.89 bits per heavy atom. The number of rotatable bonds is 0. The van der Waals surface area contributed by atoms with E-state index in [4.69, 9.17) is 16.4 Å². The van der Waals surface area contributed by atoms with E-state index in [9.17, 15) is 0 Å².